The first-order valence-electron chi connectivity index (χ1n) is 13.6. The molecule has 0 spiro atoms. The Balaban J connectivity index is 1.48. The third kappa shape index (κ3) is 5.39. The number of ether oxygens (including phenoxy) is 1. The van der Waals surface area contributed by atoms with Gasteiger partial charge in [-0.05, 0) is 17.5 Å². The van der Waals surface area contributed by atoms with E-state index >= 15 is 4.39 Å². The number of nitrogens with zero attached hydrogens (tertiary/aromatic N) is 7. The van der Waals surface area contributed by atoms with E-state index in [1.807, 2.05) is 4.90 Å². The summed E-state index contributed by atoms with van der Waals surface area (Å²) in [6.45, 7) is 4.16. The second kappa shape index (κ2) is 12.1. The number of fused-ring (bicyclic) bond motifs is 2. The minimum atomic E-state index is -1.08. The molecule has 0 aliphatic carbocycles. The normalized spacial score (nSPS) is 16.3. The van der Waals surface area contributed by atoms with E-state index in [0.29, 0.717) is 28.8 Å². The van der Waals surface area contributed by atoms with Crippen LogP contribution in [0.15, 0.2) is 61.2 Å². The Morgan fingerprint density at radius 3 is 2.82 bits per heavy atom. The summed E-state index contributed by atoms with van der Waals surface area (Å²) < 4.78 is 50.8. The fourth-order valence-corrected chi connectivity index (χ4v) is 5.70. The topological polar surface area (TPSA) is 133 Å². The summed E-state index contributed by atoms with van der Waals surface area (Å²) in [6, 6.07) is 11.1. The van der Waals surface area contributed by atoms with E-state index in [-0.39, 0.29) is 59.3 Å². The lowest BCUT2D eigenvalue weighted by Gasteiger charge is -2.43. The van der Waals surface area contributed by atoms with Gasteiger partial charge in [0.25, 0.3) is 0 Å². The first-order valence-corrected chi connectivity index (χ1v) is 14.0. The first kappa shape index (κ1) is 29.3. The molecule has 3 N–H and O–H groups in total. The molecule has 5 aromatic rings. The van der Waals surface area contributed by atoms with Crippen LogP contribution in [0.3, 0.4) is 0 Å². The zero-order valence-electron chi connectivity index (χ0n) is 23.1. The largest absolute Gasteiger partial charge is 0.457 e. The minimum Gasteiger partial charge on any atom is -0.457 e. The number of rotatable bonds is 8. The number of nitriles is 1. The molecule has 1 unspecified atom stereocenters. The van der Waals surface area contributed by atoms with Crippen molar-refractivity contribution in [2.75, 3.05) is 24.5 Å². The van der Waals surface area contributed by atoms with Gasteiger partial charge in [0.1, 0.15) is 41.4 Å². The predicted octanol–water partition coefficient (Wildman–Crippen LogP) is 5.25. The summed E-state index contributed by atoms with van der Waals surface area (Å²) in [5.74, 6) is -1.83. The van der Waals surface area contributed by atoms with Crippen molar-refractivity contribution in [3.8, 4) is 23.3 Å². The maximum Gasteiger partial charge on any atom is 0.319 e. The number of H-pyrrole nitrogens is 1. The average molecular weight is 620 g/mol. The average Bonchev–Trinajstić information content (AvgIpc) is 3.55. The quantitative estimate of drug-likeness (QED) is 0.239. The summed E-state index contributed by atoms with van der Waals surface area (Å²) in [5, 5.41) is 17.2. The molecule has 0 bridgehead atoms. The Labute approximate surface area is 254 Å². The third-order valence-corrected chi connectivity index (χ3v) is 7.95. The maximum atomic E-state index is 16.5. The van der Waals surface area contributed by atoms with Crippen molar-refractivity contribution in [2.45, 2.75) is 25.2 Å². The number of halogens is 4. The molecule has 2 atom stereocenters. The molecule has 1 fully saturated rings. The lowest BCUT2D eigenvalue weighted by atomic mass is 10.0. The summed E-state index contributed by atoms with van der Waals surface area (Å²) >= 11 is 6.34. The Bertz CT molecular complexity index is 1910. The molecular weight excluding hydrogens is 595 g/mol. The van der Waals surface area contributed by atoms with Crippen LogP contribution >= 0.6 is 11.6 Å². The van der Waals surface area contributed by atoms with E-state index in [9.17, 15) is 14.0 Å². The molecule has 14 heteroatoms. The summed E-state index contributed by atoms with van der Waals surface area (Å²) in [6.07, 6.45) is 1.98. The van der Waals surface area contributed by atoms with Crippen LogP contribution in [0.5, 0.6) is 6.01 Å². The minimum absolute atomic E-state index is 0.0288. The molecule has 44 heavy (non-hydrogen) atoms. The Morgan fingerprint density at radius 1 is 1.23 bits per heavy atom. The van der Waals surface area contributed by atoms with Crippen molar-refractivity contribution in [2.24, 2.45) is 5.73 Å². The van der Waals surface area contributed by atoms with Crippen molar-refractivity contribution >= 4 is 39.1 Å². The highest BCUT2D eigenvalue weighted by molar-refractivity contribution is 6.36. The van der Waals surface area contributed by atoms with Gasteiger partial charge in [0.05, 0.1) is 28.6 Å². The highest BCUT2D eigenvalue weighted by atomic mass is 35.5. The first-order chi connectivity index (χ1) is 21.3. The van der Waals surface area contributed by atoms with Gasteiger partial charge in [0.2, 0.25) is 0 Å². The van der Waals surface area contributed by atoms with Crippen LogP contribution in [0.2, 0.25) is 5.02 Å². The second-order valence-corrected chi connectivity index (χ2v) is 10.6. The van der Waals surface area contributed by atoms with Gasteiger partial charge >= 0.3 is 6.01 Å². The number of benzene rings is 2. The number of nitrogens with two attached hydrogens (primary N) is 1. The van der Waals surface area contributed by atoms with Crippen LogP contribution in [-0.4, -0.2) is 61.9 Å². The Kier molecular flexibility index (Phi) is 8.05. The predicted molar refractivity (Wildman–Crippen MR) is 159 cm³/mol. The molecule has 3 aromatic heterocycles. The molecule has 0 saturated carbocycles. The van der Waals surface area contributed by atoms with Gasteiger partial charge in [-0.1, -0.05) is 42.4 Å². The zero-order chi connectivity index (χ0) is 31.0. The van der Waals surface area contributed by atoms with Gasteiger partial charge < -0.3 is 15.4 Å². The highest BCUT2D eigenvalue weighted by Gasteiger charge is 2.34. The van der Waals surface area contributed by atoms with Crippen molar-refractivity contribution in [3.63, 3.8) is 0 Å². The van der Waals surface area contributed by atoms with Crippen molar-refractivity contribution in [1.82, 2.24) is 30.0 Å². The van der Waals surface area contributed by atoms with Gasteiger partial charge in [-0.2, -0.15) is 20.3 Å². The monoisotopic (exact) mass is 619 g/mol. The lowest BCUT2D eigenvalue weighted by Crippen LogP contribution is -2.59. The Morgan fingerprint density at radius 2 is 2.07 bits per heavy atom. The van der Waals surface area contributed by atoms with Gasteiger partial charge in [0.15, 0.2) is 5.82 Å². The van der Waals surface area contributed by atoms with Crippen molar-refractivity contribution < 1.29 is 17.9 Å². The fraction of sp³-hybridized carbons (Fsp3) is 0.233. The third-order valence-electron chi connectivity index (χ3n) is 7.58. The van der Waals surface area contributed by atoms with Crippen molar-refractivity contribution in [1.29, 1.82) is 5.26 Å². The molecule has 2 aromatic carbocycles. The molecule has 1 aliphatic heterocycles. The molecule has 1 aliphatic rings. The number of nitrogens with one attached hydrogen (secondary N) is 1. The number of hydrogen-bond acceptors (Lipinski definition) is 9. The number of aromatic nitrogens is 5. The van der Waals surface area contributed by atoms with Gasteiger partial charge in [-0.15, -0.1) is 0 Å². The van der Waals surface area contributed by atoms with Crippen LogP contribution in [-0.2, 0) is 6.61 Å². The van der Waals surface area contributed by atoms with Gasteiger partial charge in [-0.25, -0.2) is 13.2 Å². The van der Waals surface area contributed by atoms with E-state index in [0.717, 1.165) is 0 Å². The molecule has 0 radical (unpaired) electrons. The zero-order valence-corrected chi connectivity index (χ0v) is 23.9. The SMILES string of the molecule is C=C(F)C(N)N1CCN(c2nc(OCc3ccn[nH]3)nc3c(F)c(-c4cccc5ccc(F)c(Cl)c45)ncc23)C[C@@H]1CC#N. The number of hydrogen-bond donors (Lipinski definition) is 2. The van der Waals surface area contributed by atoms with Crippen LogP contribution in [0.25, 0.3) is 32.9 Å². The Hall–Kier alpha value is -4.77. The summed E-state index contributed by atoms with van der Waals surface area (Å²) in [4.78, 5) is 16.9. The van der Waals surface area contributed by atoms with E-state index in [2.05, 4.69) is 37.8 Å². The van der Waals surface area contributed by atoms with E-state index in [4.69, 9.17) is 22.1 Å². The summed E-state index contributed by atoms with van der Waals surface area (Å²) in [7, 11) is 0. The lowest BCUT2D eigenvalue weighted by molar-refractivity contribution is 0.128. The standard InChI is InChI=1S/C30H25ClF3N9O/c1-16(32)28(36)43-12-11-42(14-19(43)7-9-35)29-21-13-37-26(20-4-2-3-17-5-6-22(33)24(31)23(17)20)25(34)27(21)39-30(40-29)44-15-18-8-10-38-41-18/h2-6,8,10,13,19,28H,1,7,11-12,14-15,36H2,(H,38,41)/t19-,28?/m0/s1. The van der Waals surface area contributed by atoms with E-state index < -0.39 is 29.7 Å². The van der Waals surface area contributed by atoms with Gasteiger partial charge in [0, 0.05) is 49.0 Å². The fourth-order valence-electron chi connectivity index (χ4n) is 5.42. The molecule has 224 valence electrons. The number of anilines is 1. The van der Waals surface area contributed by atoms with Crippen molar-refractivity contribution in [3.05, 3.63) is 83.5 Å². The smallest absolute Gasteiger partial charge is 0.319 e. The molecular formula is C30H25ClF3N9O. The number of pyridine rings is 1. The number of aromatic amines is 1. The second-order valence-electron chi connectivity index (χ2n) is 10.2. The molecule has 6 rings (SSSR count). The molecule has 0 amide bonds. The number of piperazine rings is 1. The maximum absolute atomic E-state index is 16.5. The molecule has 1 saturated heterocycles. The van der Waals surface area contributed by atoms with E-state index in [1.54, 1.807) is 41.4 Å². The van der Waals surface area contributed by atoms with Crippen LogP contribution in [0.1, 0.15) is 12.1 Å². The van der Waals surface area contributed by atoms with Crippen LogP contribution < -0.4 is 15.4 Å². The summed E-state index contributed by atoms with van der Waals surface area (Å²) in [5.41, 5.74) is 6.78. The highest BCUT2D eigenvalue weighted by Crippen LogP contribution is 2.38. The van der Waals surface area contributed by atoms with Crippen LogP contribution in [0, 0.1) is 23.0 Å². The van der Waals surface area contributed by atoms with Crippen LogP contribution in [0.4, 0.5) is 19.0 Å². The van der Waals surface area contributed by atoms with Gasteiger partial charge in [-0.3, -0.25) is 15.0 Å². The van der Waals surface area contributed by atoms with E-state index in [1.165, 1.54) is 12.3 Å². The molecule has 4 heterocycles. The molecule has 10 nitrogen and oxygen atoms in total.